The first-order valence-corrected chi connectivity index (χ1v) is 26.8. The molecule has 426 valence electrons. The fraction of sp³-hybridized carbons (Fsp3) is 0.702. The average Bonchev–Trinajstić information content (AvgIpc) is 3.88. The Kier molecular flexibility index (Phi) is 30.6. The van der Waals surface area contributed by atoms with Crippen LogP contribution in [0.1, 0.15) is 118 Å². The van der Waals surface area contributed by atoms with Crippen molar-refractivity contribution in [3.8, 4) is 11.8 Å². The molecule has 0 aliphatic carbocycles. The van der Waals surface area contributed by atoms with Crippen molar-refractivity contribution in [3.63, 3.8) is 0 Å². The Hall–Kier alpha value is -5.55. The predicted molar refractivity (Wildman–Crippen MR) is 284 cm³/mol. The third kappa shape index (κ3) is 21.8. The largest absolute Gasteiger partial charge is 0.481 e. The zero-order valence-corrected chi connectivity index (χ0v) is 47.3. The van der Waals surface area contributed by atoms with Gasteiger partial charge in [-0.2, -0.15) is 0 Å². The molecule has 4 amide bonds. The monoisotopic (exact) mass is 1070 g/mol. The van der Waals surface area contributed by atoms with Crippen LogP contribution >= 0.6 is 0 Å². The number of ether oxygens (including phenoxy) is 5. The first-order valence-electron chi connectivity index (χ1n) is 26.8. The lowest BCUT2D eigenvalue weighted by Gasteiger charge is -2.41. The van der Waals surface area contributed by atoms with Crippen LogP contribution in [0.3, 0.4) is 0 Å². The maximum atomic E-state index is 14.7. The summed E-state index contributed by atoms with van der Waals surface area (Å²) in [6.45, 7) is 14.1. The second-order valence-corrected chi connectivity index (χ2v) is 20.5. The molecule has 76 heavy (non-hydrogen) atoms. The maximum Gasteiger partial charge on any atom is 0.309 e. The Labute approximate surface area is 451 Å². The van der Waals surface area contributed by atoms with E-state index in [0.717, 1.165) is 5.56 Å². The molecule has 1 aromatic rings. The molecule has 9 atom stereocenters. The molecule has 0 bridgehead atoms. The molecule has 1 aromatic carbocycles. The van der Waals surface area contributed by atoms with Gasteiger partial charge in [0.25, 0.3) is 5.91 Å². The van der Waals surface area contributed by atoms with Gasteiger partial charge in [-0.25, -0.2) is 0 Å². The van der Waals surface area contributed by atoms with Gasteiger partial charge in [0.1, 0.15) is 5.78 Å². The summed E-state index contributed by atoms with van der Waals surface area (Å²) in [6.07, 6.45) is 0.871. The van der Waals surface area contributed by atoms with Crippen molar-refractivity contribution in [1.29, 1.82) is 0 Å². The summed E-state index contributed by atoms with van der Waals surface area (Å²) in [6, 6.07) is 7.64. The van der Waals surface area contributed by atoms with Crippen LogP contribution < -0.4 is 5.32 Å². The number of hydrogen-bond donors (Lipinski definition) is 2. The van der Waals surface area contributed by atoms with Gasteiger partial charge in [-0.3, -0.25) is 43.2 Å². The van der Waals surface area contributed by atoms with E-state index in [-0.39, 0.29) is 119 Å². The topological polar surface area (TPSA) is 242 Å². The number of carbonyl (C=O) groups is 9. The Bertz CT molecular complexity index is 2110. The number of hydrogen-bond acceptors (Lipinski definition) is 14. The highest BCUT2D eigenvalue weighted by molar-refractivity contribution is 6.03. The number of ketones is 3. The average molecular weight is 1070 g/mol. The summed E-state index contributed by atoms with van der Waals surface area (Å²) in [7, 11) is 7.61. The zero-order valence-electron chi connectivity index (χ0n) is 47.3. The Morgan fingerprint density at radius 3 is 2.03 bits per heavy atom. The molecule has 1 fully saturated rings. The number of esters is 1. The van der Waals surface area contributed by atoms with Crippen LogP contribution in [0.2, 0.25) is 0 Å². The van der Waals surface area contributed by atoms with Gasteiger partial charge in [-0.15, -0.1) is 0 Å². The number of carboxylic acids is 1. The van der Waals surface area contributed by atoms with E-state index in [2.05, 4.69) is 17.2 Å². The van der Waals surface area contributed by atoms with Gasteiger partial charge < -0.3 is 48.8 Å². The summed E-state index contributed by atoms with van der Waals surface area (Å²) in [4.78, 5) is 123. The summed E-state index contributed by atoms with van der Waals surface area (Å²) in [5.74, 6) is -2.10. The fourth-order valence-corrected chi connectivity index (χ4v) is 9.97. The van der Waals surface area contributed by atoms with Crippen molar-refractivity contribution in [2.45, 2.75) is 149 Å². The second-order valence-electron chi connectivity index (χ2n) is 20.5. The number of nitrogens with one attached hydrogen (secondary N) is 1. The minimum atomic E-state index is -0.991. The molecular weight excluding hydrogens is 981 g/mol. The van der Waals surface area contributed by atoms with E-state index in [1.807, 2.05) is 71.9 Å². The molecule has 1 aliphatic heterocycles. The molecule has 1 heterocycles. The lowest BCUT2D eigenvalue weighted by molar-refractivity contribution is -0.150. The number of methoxy groups -OCH3 is 3. The van der Waals surface area contributed by atoms with Gasteiger partial charge >= 0.3 is 11.9 Å². The number of carbonyl (C=O) groups excluding carboxylic acids is 8. The number of likely N-dealkylation sites (N-methyl/N-ethyl adjacent to an activating group) is 2. The Morgan fingerprint density at radius 1 is 0.776 bits per heavy atom. The van der Waals surface area contributed by atoms with Crippen LogP contribution in [0.5, 0.6) is 0 Å². The van der Waals surface area contributed by atoms with Gasteiger partial charge in [0.15, 0.2) is 5.78 Å². The van der Waals surface area contributed by atoms with E-state index in [1.165, 1.54) is 26.2 Å². The van der Waals surface area contributed by atoms with Crippen molar-refractivity contribution in [3.05, 3.63) is 35.9 Å². The number of Topliss-reactive ketones (excluding diaryl/α,β-unsaturated/α-hetero) is 3. The molecule has 2 N–H and O–H groups in total. The number of aliphatic carboxylic acids is 1. The first-order chi connectivity index (χ1) is 36.0. The van der Waals surface area contributed by atoms with Crippen molar-refractivity contribution < 1.29 is 71.9 Å². The SMILES string of the molecule is CC[C@H](C)[C@@H]([C@@H](CC(=O)N1CCC[C@H]1[C@H](OC)[C@@H](C)C(=O)C[C@@H](Cc1ccccc1)C(=O)OC)OC)N(C)C(=O)[C@@H](CC(=O)[C@H](C(C)C)N(C)C(=O)CCOCCCC(=O)C#CC(=O)NCCOCCC(=O)O)C(C)C. The second kappa shape index (κ2) is 35.0. The normalized spacial score (nSPS) is 16.5. The van der Waals surface area contributed by atoms with Crippen LogP contribution in [-0.4, -0.2) is 178 Å². The fourth-order valence-electron chi connectivity index (χ4n) is 9.97. The van der Waals surface area contributed by atoms with Crippen molar-refractivity contribution in [2.75, 3.05) is 74.9 Å². The van der Waals surface area contributed by atoms with Crippen LogP contribution in [-0.2, 0) is 73.3 Å². The van der Waals surface area contributed by atoms with Crippen LogP contribution in [0.25, 0.3) is 0 Å². The van der Waals surface area contributed by atoms with Crippen LogP contribution in [0.4, 0.5) is 0 Å². The molecule has 0 spiro atoms. The minimum Gasteiger partial charge on any atom is -0.481 e. The van der Waals surface area contributed by atoms with Crippen LogP contribution in [0, 0.1) is 47.3 Å². The lowest BCUT2D eigenvalue weighted by Crippen LogP contribution is -2.54. The maximum absolute atomic E-state index is 14.7. The molecular formula is C57H88N4O15. The molecule has 0 saturated carbocycles. The predicted octanol–water partition coefficient (Wildman–Crippen LogP) is 4.98. The Balaban J connectivity index is 2.09. The number of benzene rings is 1. The van der Waals surface area contributed by atoms with Gasteiger partial charge in [0, 0.05) is 85.0 Å². The summed E-state index contributed by atoms with van der Waals surface area (Å²) < 4.78 is 27.8. The van der Waals surface area contributed by atoms with Gasteiger partial charge in [0.05, 0.1) is 82.4 Å². The molecule has 19 heteroatoms. The Morgan fingerprint density at radius 2 is 1.43 bits per heavy atom. The highest BCUT2D eigenvalue weighted by Gasteiger charge is 2.44. The summed E-state index contributed by atoms with van der Waals surface area (Å²) in [5, 5.41) is 11.1. The summed E-state index contributed by atoms with van der Waals surface area (Å²) >= 11 is 0. The van der Waals surface area contributed by atoms with Gasteiger partial charge in [-0.05, 0) is 54.9 Å². The number of carboxylic acid groups (broad SMARTS) is 1. The highest BCUT2D eigenvalue weighted by Crippen LogP contribution is 2.32. The molecule has 19 nitrogen and oxygen atoms in total. The first kappa shape index (κ1) is 66.6. The number of likely N-dealkylation sites (tertiary alicyclic amines) is 1. The zero-order chi connectivity index (χ0) is 57.1. The lowest BCUT2D eigenvalue weighted by atomic mass is 9.83. The van der Waals surface area contributed by atoms with E-state index in [1.54, 1.807) is 30.8 Å². The molecule has 0 radical (unpaired) electrons. The van der Waals surface area contributed by atoms with E-state index in [9.17, 15) is 43.2 Å². The smallest absolute Gasteiger partial charge is 0.309 e. The van der Waals surface area contributed by atoms with E-state index >= 15 is 0 Å². The quantitative estimate of drug-likeness (QED) is 0.0390. The number of rotatable bonds is 36. The third-order valence-electron chi connectivity index (χ3n) is 14.4. The van der Waals surface area contributed by atoms with Crippen molar-refractivity contribution >= 4 is 52.9 Å². The van der Waals surface area contributed by atoms with Gasteiger partial charge in [0.2, 0.25) is 23.5 Å². The molecule has 1 saturated heterocycles. The number of nitrogens with zero attached hydrogens (tertiary/aromatic N) is 3. The standard InChI is InChI=1S/C57H88N4O15/c1-13-39(6)54(48(72-10)36-51(67)61-28-17-22-45(61)55(73-11)40(7)46(63)34-42(57(71)74-12)33-41-19-15-14-16-20-41)60(9)56(70)44(37(2)3)35-47(64)53(38(4)5)59(8)50(66)25-30-75-29-18-21-43(62)23-24-49(65)58-27-32-76-31-26-52(68)69/h14-16,19-20,37-40,42,44-45,48,53-55H,13,17-18,21-22,25-36H2,1-12H3,(H,58,65)(H,68,69)/t39-,40-,42+,44-,45-,48+,53-,54-,55+/m0/s1. The number of amides is 4. The molecule has 2 rings (SSSR count). The molecule has 0 unspecified atom stereocenters. The van der Waals surface area contributed by atoms with Crippen molar-refractivity contribution in [2.24, 2.45) is 35.5 Å². The molecule has 0 aromatic heterocycles. The minimum absolute atomic E-state index is 0.0144. The van der Waals surface area contributed by atoms with Crippen molar-refractivity contribution in [1.82, 2.24) is 20.0 Å². The van der Waals surface area contributed by atoms with E-state index < -0.39 is 71.7 Å². The van der Waals surface area contributed by atoms with E-state index in [4.69, 9.17) is 28.8 Å². The summed E-state index contributed by atoms with van der Waals surface area (Å²) in [5.41, 5.74) is 0.908. The van der Waals surface area contributed by atoms with Crippen LogP contribution in [0.15, 0.2) is 30.3 Å². The van der Waals surface area contributed by atoms with E-state index in [0.29, 0.717) is 38.6 Å². The third-order valence-corrected chi connectivity index (χ3v) is 14.4. The highest BCUT2D eigenvalue weighted by atomic mass is 16.5. The van der Waals surface area contributed by atoms with Gasteiger partial charge in [-0.1, -0.05) is 85.2 Å². The molecule has 1 aliphatic rings.